The van der Waals surface area contributed by atoms with Gasteiger partial charge in [-0.1, -0.05) is 24.6 Å². The van der Waals surface area contributed by atoms with E-state index in [2.05, 4.69) is 35.8 Å². The van der Waals surface area contributed by atoms with Crippen LogP contribution in [0.4, 0.5) is 0 Å². The molecule has 19 heavy (non-hydrogen) atoms. The zero-order valence-electron chi connectivity index (χ0n) is 11.1. The first-order valence-electron chi connectivity index (χ1n) is 6.85. The van der Waals surface area contributed by atoms with Crippen molar-refractivity contribution < 1.29 is 0 Å². The number of thiophene rings is 1. The first kappa shape index (κ1) is 13.2. The summed E-state index contributed by atoms with van der Waals surface area (Å²) in [7, 11) is 0. The monoisotopic (exact) mass is 291 g/mol. The van der Waals surface area contributed by atoms with Crippen molar-refractivity contribution in [3.8, 4) is 0 Å². The second-order valence-corrected chi connectivity index (χ2v) is 6.47. The minimum atomic E-state index is 0.485. The molecule has 3 heteroatoms. The summed E-state index contributed by atoms with van der Waals surface area (Å²) in [6, 6.07) is 9.02. The van der Waals surface area contributed by atoms with Crippen LogP contribution in [0.3, 0.4) is 0 Å². The van der Waals surface area contributed by atoms with Gasteiger partial charge in [-0.15, -0.1) is 11.3 Å². The van der Waals surface area contributed by atoms with Gasteiger partial charge in [0.1, 0.15) is 0 Å². The summed E-state index contributed by atoms with van der Waals surface area (Å²) in [6.45, 7) is 3.20. The van der Waals surface area contributed by atoms with E-state index in [9.17, 15) is 0 Å². The van der Waals surface area contributed by atoms with Crippen LogP contribution in [0, 0.1) is 0 Å². The quantitative estimate of drug-likeness (QED) is 0.858. The van der Waals surface area contributed by atoms with E-state index in [1.54, 1.807) is 0 Å². The molecule has 100 valence electrons. The molecule has 0 amide bonds. The van der Waals surface area contributed by atoms with E-state index in [-0.39, 0.29) is 0 Å². The van der Waals surface area contributed by atoms with Crippen molar-refractivity contribution in [3.63, 3.8) is 0 Å². The van der Waals surface area contributed by atoms with Crippen LogP contribution < -0.4 is 5.32 Å². The van der Waals surface area contributed by atoms with Crippen molar-refractivity contribution in [2.45, 2.75) is 38.8 Å². The minimum Gasteiger partial charge on any atom is -0.305 e. The average molecular weight is 292 g/mol. The summed E-state index contributed by atoms with van der Waals surface area (Å²) >= 11 is 7.91. The van der Waals surface area contributed by atoms with E-state index in [0.29, 0.717) is 6.04 Å². The number of halogens is 1. The van der Waals surface area contributed by atoms with Crippen LogP contribution in [0.5, 0.6) is 0 Å². The average Bonchev–Trinajstić information content (AvgIpc) is 3.01. The standard InChI is InChI=1S/C16H18ClNS/c1-2-11-7-8-19-16(11)10-18-15-6-3-12-9-13(17)4-5-14(12)15/h4-5,7-9,15,18H,2-3,6,10H2,1H3. The van der Waals surface area contributed by atoms with Gasteiger partial charge in [0.15, 0.2) is 0 Å². The van der Waals surface area contributed by atoms with Crippen LogP contribution in [-0.4, -0.2) is 0 Å². The third kappa shape index (κ3) is 2.71. The third-order valence-electron chi connectivity index (χ3n) is 3.91. The zero-order chi connectivity index (χ0) is 13.2. The molecule has 1 heterocycles. The molecule has 1 atom stereocenters. The van der Waals surface area contributed by atoms with Gasteiger partial charge >= 0.3 is 0 Å². The van der Waals surface area contributed by atoms with Crippen molar-refractivity contribution in [1.82, 2.24) is 5.32 Å². The van der Waals surface area contributed by atoms with Gasteiger partial charge in [0.2, 0.25) is 0 Å². The summed E-state index contributed by atoms with van der Waals surface area (Å²) in [4.78, 5) is 1.48. The van der Waals surface area contributed by atoms with Crippen LogP contribution in [0.2, 0.25) is 5.02 Å². The van der Waals surface area contributed by atoms with Crippen molar-refractivity contribution in [2.24, 2.45) is 0 Å². The Balaban J connectivity index is 1.70. The Kier molecular flexibility index (Phi) is 3.92. The highest BCUT2D eigenvalue weighted by Gasteiger charge is 2.22. The Hall–Kier alpha value is -0.830. The number of benzene rings is 1. The van der Waals surface area contributed by atoms with E-state index in [4.69, 9.17) is 11.6 Å². The molecule has 1 aromatic carbocycles. The smallest absolute Gasteiger partial charge is 0.0408 e. The van der Waals surface area contributed by atoms with Crippen LogP contribution in [0.25, 0.3) is 0 Å². The molecule has 0 aliphatic heterocycles. The molecule has 0 saturated heterocycles. The molecule has 1 aromatic heterocycles. The summed E-state index contributed by atoms with van der Waals surface area (Å²) in [5, 5.41) is 6.75. The molecule has 0 fully saturated rings. The molecule has 0 saturated carbocycles. The molecule has 1 N–H and O–H groups in total. The largest absolute Gasteiger partial charge is 0.305 e. The van der Waals surface area contributed by atoms with E-state index in [1.165, 1.54) is 28.0 Å². The second kappa shape index (κ2) is 5.66. The fourth-order valence-electron chi connectivity index (χ4n) is 2.85. The Morgan fingerprint density at radius 2 is 2.26 bits per heavy atom. The SMILES string of the molecule is CCc1ccsc1CNC1CCc2cc(Cl)ccc21. The molecule has 0 bridgehead atoms. The summed E-state index contributed by atoms with van der Waals surface area (Å²) in [6.07, 6.45) is 3.44. The van der Waals surface area contributed by atoms with Crippen molar-refractivity contribution in [1.29, 1.82) is 0 Å². The van der Waals surface area contributed by atoms with E-state index >= 15 is 0 Å². The molecule has 1 aliphatic rings. The molecule has 1 nitrogen and oxygen atoms in total. The van der Waals surface area contributed by atoms with E-state index < -0.39 is 0 Å². The van der Waals surface area contributed by atoms with Gasteiger partial charge in [-0.3, -0.25) is 0 Å². The molecule has 0 radical (unpaired) electrons. The van der Waals surface area contributed by atoms with Crippen LogP contribution in [0.15, 0.2) is 29.6 Å². The Morgan fingerprint density at radius 1 is 1.37 bits per heavy atom. The van der Waals surface area contributed by atoms with Gasteiger partial charge < -0.3 is 5.32 Å². The maximum atomic E-state index is 6.05. The van der Waals surface area contributed by atoms with Gasteiger partial charge in [-0.2, -0.15) is 0 Å². The lowest BCUT2D eigenvalue weighted by atomic mass is 10.1. The lowest BCUT2D eigenvalue weighted by Crippen LogP contribution is -2.18. The molecule has 0 spiro atoms. The summed E-state index contributed by atoms with van der Waals surface area (Å²) < 4.78 is 0. The molecular formula is C16H18ClNS. The Morgan fingerprint density at radius 3 is 3.11 bits per heavy atom. The van der Waals surface area contributed by atoms with Gasteiger partial charge in [0.05, 0.1) is 0 Å². The fourth-order valence-corrected chi connectivity index (χ4v) is 3.97. The normalized spacial score (nSPS) is 17.7. The molecular weight excluding hydrogens is 274 g/mol. The maximum Gasteiger partial charge on any atom is 0.0408 e. The van der Waals surface area contributed by atoms with Crippen LogP contribution in [-0.2, 0) is 19.4 Å². The first-order valence-corrected chi connectivity index (χ1v) is 8.10. The van der Waals surface area contributed by atoms with Crippen molar-refractivity contribution in [3.05, 3.63) is 56.2 Å². The van der Waals surface area contributed by atoms with Crippen LogP contribution in [0.1, 0.15) is 41.0 Å². The zero-order valence-corrected chi connectivity index (χ0v) is 12.7. The molecule has 3 rings (SSSR count). The van der Waals surface area contributed by atoms with Gasteiger partial charge in [-0.05, 0) is 59.5 Å². The molecule has 2 aromatic rings. The highest BCUT2D eigenvalue weighted by atomic mass is 35.5. The summed E-state index contributed by atoms with van der Waals surface area (Å²) in [5.41, 5.74) is 4.32. The fraction of sp³-hybridized carbons (Fsp3) is 0.375. The highest BCUT2D eigenvalue weighted by Crippen LogP contribution is 2.33. The first-order chi connectivity index (χ1) is 9.28. The predicted octanol–water partition coefficient (Wildman–Crippen LogP) is 4.74. The third-order valence-corrected chi connectivity index (χ3v) is 5.11. The number of nitrogens with one attached hydrogen (secondary N) is 1. The Bertz CT molecular complexity index is 576. The van der Waals surface area contributed by atoms with Gasteiger partial charge in [-0.25, -0.2) is 0 Å². The number of rotatable bonds is 4. The van der Waals surface area contributed by atoms with Gasteiger partial charge in [0.25, 0.3) is 0 Å². The van der Waals surface area contributed by atoms with E-state index in [1.807, 2.05) is 17.4 Å². The van der Waals surface area contributed by atoms with Gasteiger partial charge in [0, 0.05) is 22.5 Å². The number of hydrogen-bond acceptors (Lipinski definition) is 2. The second-order valence-electron chi connectivity index (χ2n) is 5.04. The lowest BCUT2D eigenvalue weighted by molar-refractivity contribution is 0.532. The lowest BCUT2D eigenvalue weighted by Gasteiger charge is -2.14. The molecule has 1 unspecified atom stereocenters. The topological polar surface area (TPSA) is 12.0 Å². The maximum absolute atomic E-state index is 6.05. The van der Waals surface area contributed by atoms with Crippen molar-refractivity contribution >= 4 is 22.9 Å². The number of aryl methyl sites for hydroxylation is 2. The number of hydrogen-bond donors (Lipinski definition) is 1. The van der Waals surface area contributed by atoms with E-state index in [0.717, 1.165) is 24.4 Å². The molecule has 1 aliphatic carbocycles. The predicted molar refractivity (Wildman–Crippen MR) is 83.1 cm³/mol. The Labute approximate surface area is 123 Å². The number of fused-ring (bicyclic) bond motifs is 1. The highest BCUT2D eigenvalue weighted by molar-refractivity contribution is 7.10. The summed E-state index contributed by atoms with van der Waals surface area (Å²) in [5.74, 6) is 0. The minimum absolute atomic E-state index is 0.485. The van der Waals surface area contributed by atoms with Crippen molar-refractivity contribution in [2.75, 3.05) is 0 Å². The van der Waals surface area contributed by atoms with Crippen LogP contribution >= 0.6 is 22.9 Å².